The van der Waals surface area contributed by atoms with Crippen LogP contribution in [0.3, 0.4) is 0 Å². The lowest BCUT2D eigenvalue weighted by Crippen LogP contribution is -2.15. The average Bonchev–Trinajstić information content (AvgIpc) is 3.13. The molecule has 0 atom stereocenters. The predicted octanol–water partition coefficient (Wildman–Crippen LogP) is 5.00. The van der Waals surface area contributed by atoms with E-state index < -0.39 is 0 Å². The zero-order valence-electron chi connectivity index (χ0n) is 16.0. The van der Waals surface area contributed by atoms with Crippen molar-refractivity contribution in [1.82, 2.24) is 9.97 Å². The third kappa shape index (κ3) is 4.41. The zero-order valence-corrected chi connectivity index (χ0v) is 17.6. The summed E-state index contributed by atoms with van der Waals surface area (Å²) in [6.45, 7) is 4.02. The summed E-state index contributed by atoms with van der Waals surface area (Å²) in [7, 11) is 0. The summed E-state index contributed by atoms with van der Waals surface area (Å²) in [5, 5.41) is 5.83. The summed E-state index contributed by atoms with van der Waals surface area (Å²) < 4.78 is 0. The van der Waals surface area contributed by atoms with Gasteiger partial charge in [-0.25, -0.2) is 4.98 Å². The number of rotatable bonds is 5. The largest absolute Gasteiger partial charge is 0.325 e. The molecule has 0 spiro atoms. The number of aromatic nitrogens is 2. The first-order valence-corrected chi connectivity index (χ1v) is 10.9. The van der Waals surface area contributed by atoms with E-state index in [1.54, 1.807) is 0 Å². The molecule has 7 heteroatoms. The Kier molecular flexibility index (Phi) is 5.51. The molecule has 2 N–H and O–H groups in total. The molecule has 0 bridgehead atoms. The fourth-order valence-corrected chi connectivity index (χ4v) is 4.58. The van der Waals surface area contributed by atoms with E-state index in [4.69, 9.17) is 0 Å². The highest BCUT2D eigenvalue weighted by molar-refractivity contribution is 7.99. The van der Waals surface area contributed by atoms with Crippen LogP contribution in [0.15, 0.2) is 63.9 Å². The Morgan fingerprint density at radius 1 is 1.07 bits per heavy atom. The molecule has 146 valence electrons. The minimum absolute atomic E-state index is 0.145. The van der Waals surface area contributed by atoms with Crippen molar-refractivity contribution in [3.63, 3.8) is 0 Å². The van der Waals surface area contributed by atoms with Gasteiger partial charge >= 0.3 is 0 Å². The number of thiophene rings is 1. The van der Waals surface area contributed by atoms with Crippen molar-refractivity contribution in [2.45, 2.75) is 19.0 Å². The number of thioether (sulfide) groups is 1. The van der Waals surface area contributed by atoms with Crippen molar-refractivity contribution < 1.29 is 4.79 Å². The first-order valence-electron chi connectivity index (χ1n) is 9.07. The third-order valence-corrected chi connectivity index (χ3v) is 6.21. The van der Waals surface area contributed by atoms with Crippen LogP contribution >= 0.6 is 23.1 Å². The molecule has 4 aromatic rings. The molecular formula is C22H19N3O2S2. The van der Waals surface area contributed by atoms with Gasteiger partial charge in [0.1, 0.15) is 4.83 Å². The Bertz CT molecular complexity index is 1230. The van der Waals surface area contributed by atoms with Crippen LogP contribution in [0.25, 0.3) is 21.3 Å². The molecule has 1 amide bonds. The third-order valence-electron chi connectivity index (χ3n) is 4.46. The molecule has 0 saturated heterocycles. The summed E-state index contributed by atoms with van der Waals surface area (Å²) in [6.07, 6.45) is 0. The van der Waals surface area contributed by atoms with Gasteiger partial charge in [-0.1, -0.05) is 59.3 Å². The molecule has 0 saturated carbocycles. The highest BCUT2D eigenvalue weighted by atomic mass is 32.2. The summed E-state index contributed by atoms with van der Waals surface area (Å²) >= 11 is 2.65. The maximum absolute atomic E-state index is 12.7. The van der Waals surface area contributed by atoms with Crippen molar-refractivity contribution in [2.24, 2.45) is 0 Å². The molecule has 5 nitrogen and oxygen atoms in total. The van der Waals surface area contributed by atoms with Crippen molar-refractivity contribution >= 4 is 44.9 Å². The van der Waals surface area contributed by atoms with E-state index in [0.29, 0.717) is 15.4 Å². The Morgan fingerprint density at radius 3 is 2.41 bits per heavy atom. The number of carbonyl (C=O) groups excluding carboxylic acids is 1. The van der Waals surface area contributed by atoms with Crippen LogP contribution in [-0.4, -0.2) is 21.6 Å². The highest BCUT2D eigenvalue weighted by Gasteiger charge is 2.14. The zero-order chi connectivity index (χ0) is 20.4. The van der Waals surface area contributed by atoms with Crippen LogP contribution in [0.1, 0.15) is 11.1 Å². The quantitative estimate of drug-likeness (QED) is 0.351. The number of H-pyrrole nitrogens is 1. The van der Waals surface area contributed by atoms with Crippen molar-refractivity contribution in [3.8, 4) is 11.1 Å². The lowest BCUT2D eigenvalue weighted by Gasteiger charge is -2.05. The summed E-state index contributed by atoms with van der Waals surface area (Å²) in [6, 6.07) is 15.7. The van der Waals surface area contributed by atoms with E-state index in [2.05, 4.69) is 15.3 Å². The van der Waals surface area contributed by atoms with Gasteiger partial charge in [-0.3, -0.25) is 9.59 Å². The maximum Gasteiger partial charge on any atom is 0.260 e. The first kappa shape index (κ1) is 19.4. The molecule has 0 aliphatic rings. The van der Waals surface area contributed by atoms with Crippen molar-refractivity contribution in [3.05, 3.63) is 75.4 Å². The number of aromatic amines is 1. The topological polar surface area (TPSA) is 74.8 Å². The first-order chi connectivity index (χ1) is 14.0. The lowest BCUT2D eigenvalue weighted by atomic mass is 10.1. The number of fused-ring (bicyclic) bond motifs is 1. The van der Waals surface area contributed by atoms with Gasteiger partial charge in [0.15, 0.2) is 5.16 Å². The van der Waals surface area contributed by atoms with Gasteiger partial charge in [0.05, 0.1) is 11.1 Å². The molecule has 2 aromatic carbocycles. The van der Waals surface area contributed by atoms with E-state index in [-0.39, 0.29) is 17.2 Å². The number of hydrogen-bond acceptors (Lipinski definition) is 5. The summed E-state index contributed by atoms with van der Waals surface area (Å²) in [5.41, 5.74) is 4.74. The molecule has 2 aromatic heterocycles. The number of anilines is 1. The van der Waals surface area contributed by atoms with Crippen LogP contribution in [0.4, 0.5) is 5.69 Å². The van der Waals surface area contributed by atoms with Gasteiger partial charge in [-0.05, 0) is 31.5 Å². The minimum Gasteiger partial charge on any atom is -0.325 e. The number of nitrogens with zero attached hydrogens (tertiary/aromatic N) is 1. The van der Waals surface area contributed by atoms with Gasteiger partial charge in [0, 0.05) is 16.6 Å². The number of amides is 1. The second-order valence-electron chi connectivity index (χ2n) is 6.77. The number of aryl methyl sites for hydroxylation is 2. The number of carbonyl (C=O) groups is 1. The molecule has 0 aliphatic heterocycles. The molecular weight excluding hydrogens is 402 g/mol. The number of nitrogens with one attached hydrogen (secondary N) is 2. The fourth-order valence-electron chi connectivity index (χ4n) is 2.91. The van der Waals surface area contributed by atoms with Crippen LogP contribution in [0, 0.1) is 13.8 Å². The molecule has 2 heterocycles. The van der Waals surface area contributed by atoms with Crippen molar-refractivity contribution in [2.75, 3.05) is 11.1 Å². The molecule has 0 radical (unpaired) electrons. The van der Waals surface area contributed by atoms with Gasteiger partial charge in [-0.2, -0.15) is 0 Å². The van der Waals surface area contributed by atoms with E-state index in [1.165, 1.54) is 28.7 Å². The highest BCUT2D eigenvalue weighted by Crippen LogP contribution is 2.31. The Morgan fingerprint density at radius 2 is 1.72 bits per heavy atom. The van der Waals surface area contributed by atoms with E-state index in [1.807, 2.05) is 67.8 Å². The number of hydrogen-bond donors (Lipinski definition) is 2. The average molecular weight is 422 g/mol. The fraction of sp³-hybridized carbons (Fsp3) is 0.136. The number of benzene rings is 2. The van der Waals surface area contributed by atoms with Crippen LogP contribution < -0.4 is 10.9 Å². The van der Waals surface area contributed by atoms with Crippen LogP contribution in [0.5, 0.6) is 0 Å². The maximum atomic E-state index is 12.7. The molecule has 4 rings (SSSR count). The van der Waals surface area contributed by atoms with Crippen LogP contribution in [0.2, 0.25) is 0 Å². The summed E-state index contributed by atoms with van der Waals surface area (Å²) in [5.74, 6) is 0.0199. The monoisotopic (exact) mass is 421 g/mol. The standard InChI is InChI=1S/C22H19N3O2S2/c1-13-3-7-15(8-4-13)17-11-28-21-19(17)20(27)24-22(25-21)29-12-18(26)23-16-9-5-14(2)6-10-16/h3-11H,12H2,1-2H3,(H,23,26)(H,24,25,27). The molecule has 0 aliphatic carbocycles. The Balaban J connectivity index is 1.50. The second kappa shape index (κ2) is 8.23. The van der Waals surface area contributed by atoms with Crippen LogP contribution in [-0.2, 0) is 4.79 Å². The SMILES string of the molecule is Cc1ccc(NC(=O)CSc2nc3scc(-c4ccc(C)cc4)c3c(=O)[nH]2)cc1. The molecule has 0 unspecified atom stereocenters. The molecule has 0 fully saturated rings. The Labute approximate surface area is 176 Å². The minimum atomic E-state index is -0.187. The van der Waals surface area contributed by atoms with Crippen molar-refractivity contribution in [1.29, 1.82) is 0 Å². The van der Waals surface area contributed by atoms with E-state index >= 15 is 0 Å². The normalized spacial score (nSPS) is 11.0. The predicted molar refractivity (Wildman–Crippen MR) is 121 cm³/mol. The van der Waals surface area contributed by atoms with E-state index in [9.17, 15) is 9.59 Å². The molecule has 29 heavy (non-hydrogen) atoms. The van der Waals surface area contributed by atoms with Gasteiger partial charge in [0.25, 0.3) is 5.56 Å². The lowest BCUT2D eigenvalue weighted by molar-refractivity contribution is -0.113. The van der Waals surface area contributed by atoms with Gasteiger partial charge in [0.2, 0.25) is 5.91 Å². The smallest absolute Gasteiger partial charge is 0.260 e. The summed E-state index contributed by atoms with van der Waals surface area (Å²) in [4.78, 5) is 32.9. The Hall–Kier alpha value is -2.90. The van der Waals surface area contributed by atoms with E-state index in [0.717, 1.165) is 22.4 Å². The second-order valence-corrected chi connectivity index (χ2v) is 8.59. The van der Waals surface area contributed by atoms with Gasteiger partial charge < -0.3 is 10.3 Å². The van der Waals surface area contributed by atoms with Gasteiger partial charge in [-0.15, -0.1) is 11.3 Å².